The molecule has 0 unspecified atom stereocenters. The molecule has 3 N–H and O–H groups in total. The number of anilines is 2. The van der Waals surface area contributed by atoms with Gasteiger partial charge in [-0.3, -0.25) is 14.6 Å². The molecule has 1 fully saturated rings. The van der Waals surface area contributed by atoms with Crippen LogP contribution in [0.1, 0.15) is 34.6 Å². The van der Waals surface area contributed by atoms with Crippen LogP contribution >= 0.6 is 0 Å². The second kappa shape index (κ2) is 9.25. The lowest BCUT2D eigenvalue weighted by Crippen LogP contribution is -2.34. The molecule has 0 atom stereocenters. The summed E-state index contributed by atoms with van der Waals surface area (Å²) in [5.74, 6) is -1.07. The minimum atomic E-state index is -4.67. The van der Waals surface area contributed by atoms with E-state index in [9.17, 15) is 22.8 Å². The third kappa shape index (κ3) is 5.16. The van der Waals surface area contributed by atoms with Crippen molar-refractivity contribution in [3.63, 3.8) is 0 Å². The topological polar surface area (TPSA) is 116 Å². The van der Waals surface area contributed by atoms with E-state index in [1.165, 1.54) is 38.6 Å². The molecule has 1 saturated carbocycles. The number of rotatable bonds is 6. The molecule has 2 aromatic rings. The zero-order valence-electron chi connectivity index (χ0n) is 17.3. The number of alkyl halides is 3. The lowest BCUT2D eigenvalue weighted by molar-refractivity contribution is -0.148. The lowest BCUT2D eigenvalue weighted by atomic mass is 9.81. The summed E-state index contributed by atoms with van der Waals surface area (Å²) in [4.78, 5) is 31.7. The highest BCUT2D eigenvalue weighted by Gasteiger charge is 2.35. The van der Waals surface area contributed by atoms with E-state index in [1.807, 2.05) is 0 Å². The number of nitrogens with zero attached hydrogens (tertiary/aromatic N) is 2. The number of nitrogen functional groups attached to an aromatic ring is 1. The summed E-state index contributed by atoms with van der Waals surface area (Å²) in [7, 11) is 2.70. The van der Waals surface area contributed by atoms with Crippen LogP contribution < -0.4 is 15.8 Å². The number of nitrogens with one attached hydrogen (secondary N) is 1. The van der Waals surface area contributed by atoms with Gasteiger partial charge in [-0.05, 0) is 31.0 Å². The van der Waals surface area contributed by atoms with E-state index in [2.05, 4.69) is 15.3 Å². The first-order chi connectivity index (χ1) is 15.1. The molecule has 0 bridgehead atoms. The maximum atomic E-state index is 12.9. The molecule has 8 nitrogen and oxygen atoms in total. The molecule has 0 saturated heterocycles. The van der Waals surface area contributed by atoms with Crippen molar-refractivity contribution in [2.45, 2.75) is 25.1 Å². The third-order valence-corrected chi connectivity index (χ3v) is 5.00. The highest BCUT2D eigenvalue weighted by molar-refractivity contribution is 6.04. The minimum Gasteiger partial charge on any atom is -0.494 e. The van der Waals surface area contributed by atoms with Crippen molar-refractivity contribution in [1.82, 2.24) is 4.98 Å². The van der Waals surface area contributed by atoms with Gasteiger partial charge in [-0.15, -0.1) is 0 Å². The molecule has 1 aliphatic rings. The van der Waals surface area contributed by atoms with Crippen LogP contribution in [0.25, 0.3) is 0 Å². The Morgan fingerprint density at radius 1 is 1.25 bits per heavy atom. The van der Waals surface area contributed by atoms with E-state index in [1.54, 1.807) is 0 Å². The number of aliphatic imine (C=N–C) groups is 1. The maximum absolute atomic E-state index is 12.9. The Bertz CT molecular complexity index is 1050. The Morgan fingerprint density at radius 3 is 2.59 bits per heavy atom. The summed E-state index contributed by atoms with van der Waals surface area (Å²) in [5, 5.41) is 2.50. The predicted octanol–water partition coefficient (Wildman–Crippen LogP) is 3.31. The number of methoxy groups -OCH3 is 2. The zero-order chi connectivity index (χ0) is 23.5. The number of esters is 1. The van der Waals surface area contributed by atoms with Crippen molar-refractivity contribution in [2.24, 2.45) is 10.9 Å². The Hall–Kier alpha value is -3.63. The molecule has 1 aromatic heterocycles. The fourth-order valence-corrected chi connectivity index (χ4v) is 3.15. The van der Waals surface area contributed by atoms with Crippen LogP contribution in [0.5, 0.6) is 5.75 Å². The Labute approximate surface area is 181 Å². The summed E-state index contributed by atoms with van der Waals surface area (Å²) in [6.07, 6.45) is -2.04. The first kappa shape index (κ1) is 23.0. The van der Waals surface area contributed by atoms with Gasteiger partial charge in [0.25, 0.3) is 5.91 Å². The van der Waals surface area contributed by atoms with Crippen LogP contribution in [0.3, 0.4) is 0 Å². The van der Waals surface area contributed by atoms with E-state index >= 15 is 0 Å². The zero-order valence-corrected chi connectivity index (χ0v) is 17.3. The molecule has 170 valence electrons. The molecule has 11 heteroatoms. The lowest BCUT2D eigenvalue weighted by Gasteiger charge is -2.30. The van der Waals surface area contributed by atoms with Crippen molar-refractivity contribution in [1.29, 1.82) is 0 Å². The van der Waals surface area contributed by atoms with Gasteiger partial charge in [-0.1, -0.05) is 6.07 Å². The number of ether oxygens (including phenoxy) is 2. The van der Waals surface area contributed by atoms with Gasteiger partial charge in [0.15, 0.2) is 0 Å². The average molecular weight is 450 g/mol. The van der Waals surface area contributed by atoms with E-state index in [0.29, 0.717) is 24.1 Å². The van der Waals surface area contributed by atoms with E-state index < -0.39 is 23.5 Å². The number of benzene rings is 1. The summed E-state index contributed by atoms with van der Waals surface area (Å²) in [6.45, 7) is 0. The standard InChI is InChI=1S/C21H21F3N4O4/c1-31-17-9-14(25)12(10-26-13-6-11(7-13)20(30)32-2)8-16(17)28-19(29)15-4-3-5-18(27-15)21(22,23)24/h3-5,8-11,13H,6-7,25H2,1-2H3,(H,28,29). The molecule has 32 heavy (non-hydrogen) atoms. The van der Waals surface area contributed by atoms with E-state index in [0.717, 1.165) is 12.1 Å². The van der Waals surface area contributed by atoms with Crippen molar-refractivity contribution >= 4 is 29.5 Å². The van der Waals surface area contributed by atoms with E-state index in [4.69, 9.17) is 15.2 Å². The number of hydrogen-bond acceptors (Lipinski definition) is 7. The Balaban J connectivity index is 1.78. The molecule has 1 aliphatic carbocycles. The summed E-state index contributed by atoms with van der Waals surface area (Å²) < 4.78 is 48.5. The van der Waals surface area contributed by atoms with Crippen LogP contribution in [0.15, 0.2) is 35.3 Å². The number of amides is 1. The fourth-order valence-electron chi connectivity index (χ4n) is 3.15. The van der Waals surface area contributed by atoms with Gasteiger partial charge in [-0.25, -0.2) is 4.98 Å². The normalized spacial score (nSPS) is 18.2. The first-order valence-corrected chi connectivity index (χ1v) is 9.56. The maximum Gasteiger partial charge on any atom is 0.433 e. The molecular weight excluding hydrogens is 429 g/mol. The number of halogens is 3. The number of aromatic nitrogens is 1. The quantitative estimate of drug-likeness (QED) is 0.396. The van der Waals surface area contributed by atoms with Crippen molar-refractivity contribution < 1.29 is 32.2 Å². The van der Waals surface area contributed by atoms with Crippen molar-refractivity contribution in [2.75, 3.05) is 25.3 Å². The molecule has 0 spiro atoms. The van der Waals surface area contributed by atoms with Gasteiger partial charge in [0.2, 0.25) is 0 Å². The molecule has 1 heterocycles. The average Bonchev–Trinajstić information content (AvgIpc) is 2.73. The summed E-state index contributed by atoms with van der Waals surface area (Å²) in [6, 6.07) is 5.95. The largest absolute Gasteiger partial charge is 0.494 e. The number of nitrogens with two attached hydrogens (primary N) is 1. The van der Waals surface area contributed by atoms with Crippen molar-refractivity contribution in [3.05, 3.63) is 47.3 Å². The van der Waals surface area contributed by atoms with Crippen molar-refractivity contribution in [3.8, 4) is 5.75 Å². The SMILES string of the molecule is COC(=O)C1CC(N=Cc2cc(NC(=O)c3cccc(C(F)(F)F)n3)c(OC)cc2N)C1. The second-order valence-electron chi connectivity index (χ2n) is 7.16. The highest BCUT2D eigenvalue weighted by Crippen LogP contribution is 2.33. The van der Waals surface area contributed by atoms with Crippen LogP contribution in [0.2, 0.25) is 0 Å². The molecule has 0 aliphatic heterocycles. The molecule has 1 aromatic carbocycles. The Kier molecular flexibility index (Phi) is 6.66. The fraction of sp³-hybridized carbons (Fsp3) is 0.333. The van der Waals surface area contributed by atoms with Crippen LogP contribution in [0, 0.1) is 5.92 Å². The van der Waals surface area contributed by atoms with Gasteiger partial charge < -0.3 is 20.5 Å². The number of pyridine rings is 1. The van der Waals surface area contributed by atoms with Crippen LogP contribution in [-0.4, -0.2) is 43.3 Å². The first-order valence-electron chi connectivity index (χ1n) is 9.56. The molecule has 0 radical (unpaired) electrons. The van der Waals surface area contributed by atoms with E-state index in [-0.39, 0.29) is 29.4 Å². The Morgan fingerprint density at radius 2 is 1.97 bits per heavy atom. The predicted molar refractivity (Wildman–Crippen MR) is 111 cm³/mol. The third-order valence-electron chi connectivity index (χ3n) is 5.00. The van der Waals surface area contributed by atoms with Crippen LogP contribution in [0.4, 0.5) is 24.5 Å². The smallest absolute Gasteiger partial charge is 0.433 e. The molecule has 1 amide bonds. The van der Waals surface area contributed by atoms with Crippen LogP contribution in [-0.2, 0) is 15.7 Å². The van der Waals surface area contributed by atoms with Gasteiger partial charge >= 0.3 is 12.1 Å². The molecular formula is C21H21F3N4O4. The summed E-state index contributed by atoms with van der Waals surface area (Å²) in [5.41, 5.74) is 5.43. The van der Waals surface area contributed by atoms with Gasteiger partial charge in [0.05, 0.1) is 31.9 Å². The monoisotopic (exact) mass is 450 g/mol. The van der Waals surface area contributed by atoms with Gasteiger partial charge in [-0.2, -0.15) is 13.2 Å². The number of carbonyl (C=O) groups is 2. The highest BCUT2D eigenvalue weighted by atomic mass is 19.4. The number of carbonyl (C=O) groups excluding carboxylic acids is 2. The van der Waals surface area contributed by atoms with Gasteiger partial charge in [0, 0.05) is 23.5 Å². The second-order valence-corrected chi connectivity index (χ2v) is 7.16. The number of hydrogen-bond donors (Lipinski definition) is 2. The van der Waals surface area contributed by atoms with Gasteiger partial charge in [0.1, 0.15) is 17.1 Å². The minimum absolute atomic E-state index is 0.0621. The summed E-state index contributed by atoms with van der Waals surface area (Å²) >= 11 is 0. The molecule has 3 rings (SSSR count).